The van der Waals surface area contributed by atoms with Gasteiger partial charge in [0.25, 0.3) is 5.91 Å². The summed E-state index contributed by atoms with van der Waals surface area (Å²) in [4.78, 5) is 29.6. The van der Waals surface area contributed by atoms with Crippen LogP contribution in [0.1, 0.15) is 21.3 Å². The summed E-state index contributed by atoms with van der Waals surface area (Å²) in [5.41, 5.74) is 0.865. The number of hydrogen-bond acceptors (Lipinski definition) is 5. The molecule has 0 spiro atoms. The van der Waals surface area contributed by atoms with Crippen molar-refractivity contribution in [3.63, 3.8) is 0 Å². The van der Waals surface area contributed by atoms with E-state index >= 15 is 0 Å². The molecule has 1 aromatic heterocycles. The van der Waals surface area contributed by atoms with E-state index in [0.29, 0.717) is 23.0 Å². The van der Waals surface area contributed by atoms with Gasteiger partial charge < -0.3 is 14.9 Å². The predicted octanol–water partition coefficient (Wildman–Crippen LogP) is 3.54. The van der Waals surface area contributed by atoms with E-state index in [4.69, 9.17) is 11.6 Å². The molecule has 0 bridgehead atoms. The van der Waals surface area contributed by atoms with Crippen LogP contribution < -0.4 is 0 Å². The number of Topliss-reactive ketones (excluding diaryl/α,β-unsaturated/α-hetero) is 1. The topological polar surface area (TPSA) is 60.9 Å². The number of nitrogens with zero attached hydrogens (tertiary/aromatic N) is 2. The number of ketones is 1. The van der Waals surface area contributed by atoms with E-state index < -0.39 is 17.7 Å². The van der Waals surface area contributed by atoms with Gasteiger partial charge in [-0.2, -0.15) is 0 Å². The fourth-order valence-electron chi connectivity index (χ4n) is 2.96. The van der Waals surface area contributed by atoms with Crippen molar-refractivity contribution in [3.05, 3.63) is 68.6 Å². The van der Waals surface area contributed by atoms with Crippen LogP contribution in [-0.2, 0) is 4.79 Å². The molecular weight excluding hydrogens is 372 g/mol. The molecule has 136 valence electrons. The Morgan fingerprint density at radius 3 is 2.54 bits per heavy atom. The van der Waals surface area contributed by atoms with Gasteiger partial charge in [-0.15, -0.1) is 11.3 Å². The van der Waals surface area contributed by atoms with Crippen LogP contribution in [0.3, 0.4) is 0 Å². The van der Waals surface area contributed by atoms with E-state index in [2.05, 4.69) is 0 Å². The molecule has 2 aromatic rings. The third-order valence-electron chi connectivity index (χ3n) is 4.27. The SMILES string of the molecule is CN(C)CCN1C(=O)C(O)=C(C(=O)c2cccs2)[C@H]1c1ccc(Cl)cc1. The number of aliphatic hydroxyl groups is 1. The molecular formula is C19H19ClN2O3S. The van der Waals surface area contributed by atoms with Crippen molar-refractivity contribution in [2.75, 3.05) is 27.2 Å². The molecule has 1 amide bonds. The molecule has 1 aliphatic rings. The molecule has 2 heterocycles. The molecule has 0 radical (unpaired) electrons. The Labute approximate surface area is 161 Å². The standard InChI is InChI=1S/C19H19ClN2O3S/c1-21(2)9-10-22-16(12-5-7-13(20)8-6-12)15(18(24)19(22)25)17(23)14-4-3-11-26-14/h3-8,11,16,24H,9-10H2,1-2H3/t16-/m1/s1. The quantitative estimate of drug-likeness (QED) is 0.766. The fourth-order valence-corrected chi connectivity index (χ4v) is 3.76. The first-order chi connectivity index (χ1) is 12.4. The summed E-state index contributed by atoms with van der Waals surface area (Å²) in [6, 6.07) is 9.83. The zero-order valence-corrected chi connectivity index (χ0v) is 16.0. The molecule has 1 N–H and O–H groups in total. The molecule has 0 saturated carbocycles. The highest BCUT2D eigenvalue weighted by molar-refractivity contribution is 7.12. The van der Waals surface area contributed by atoms with Crippen LogP contribution in [0.2, 0.25) is 5.02 Å². The monoisotopic (exact) mass is 390 g/mol. The maximum Gasteiger partial charge on any atom is 0.290 e. The minimum Gasteiger partial charge on any atom is -0.503 e. The lowest BCUT2D eigenvalue weighted by Gasteiger charge is -2.28. The minimum atomic E-state index is -0.630. The molecule has 7 heteroatoms. The number of benzene rings is 1. The van der Waals surface area contributed by atoms with Crippen molar-refractivity contribution >= 4 is 34.6 Å². The Hall–Kier alpha value is -2.15. The van der Waals surface area contributed by atoms with E-state index in [1.807, 2.05) is 19.0 Å². The van der Waals surface area contributed by atoms with Crippen molar-refractivity contribution in [2.24, 2.45) is 0 Å². The first-order valence-corrected chi connectivity index (χ1v) is 9.38. The predicted molar refractivity (Wildman–Crippen MR) is 103 cm³/mol. The third-order valence-corrected chi connectivity index (χ3v) is 5.39. The molecule has 0 saturated heterocycles. The molecule has 0 unspecified atom stereocenters. The lowest BCUT2D eigenvalue weighted by Crippen LogP contribution is -2.36. The summed E-state index contributed by atoms with van der Waals surface area (Å²) in [5.74, 6) is -1.31. The zero-order valence-electron chi connectivity index (χ0n) is 14.5. The van der Waals surface area contributed by atoms with Gasteiger partial charge in [0.05, 0.1) is 16.5 Å². The van der Waals surface area contributed by atoms with E-state index in [0.717, 1.165) is 5.56 Å². The average Bonchev–Trinajstić information content (AvgIpc) is 3.22. The van der Waals surface area contributed by atoms with E-state index in [1.54, 1.807) is 46.7 Å². The van der Waals surface area contributed by atoms with Crippen LogP contribution in [0.4, 0.5) is 0 Å². The highest BCUT2D eigenvalue weighted by atomic mass is 35.5. The number of rotatable bonds is 6. The van der Waals surface area contributed by atoms with Gasteiger partial charge in [-0.3, -0.25) is 9.59 Å². The van der Waals surface area contributed by atoms with Gasteiger partial charge in [-0.1, -0.05) is 29.8 Å². The average molecular weight is 391 g/mol. The Morgan fingerprint density at radius 2 is 1.96 bits per heavy atom. The highest BCUT2D eigenvalue weighted by Crippen LogP contribution is 2.39. The lowest BCUT2D eigenvalue weighted by atomic mass is 9.95. The summed E-state index contributed by atoms with van der Waals surface area (Å²) in [7, 11) is 3.81. The van der Waals surface area contributed by atoms with Gasteiger partial charge in [0.1, 0.15) is 0 Å². The minimum absolute atomic E-state index is 0.124. The van der Waals surface area contributed by atoms with Crippen LogP contribution in [0, 0.1) is 0 Å². The van der Waals surface area contributed by atoms with Gasteiger partial charge in [0.15, 0.2) is 5.76 Å². The molecule has 5 nitrogen and oxygen atoms in total. The first-order valence-electron chi connectivity index (χ1n) is 8.12. The number of likely N-dealkylation sites (N-methyl/N-ethyl adjacent to an activating group) is 1. The van der Waals surface area contributed by atoms with Crippen LogP contribution >= 0.6 is 22.9 Å². The van der Waals surface area contributed by atoms with E-state index in [-0.39, 0.29) is 11.4 Å². The van der Waals surface area contributed by atoms with Gasteiger partial charge in [-0.05, 0) is 43.2 Å². The second kappa shape index (κ2) is 7.61. The van der Waals surface area contributed by atoms with Crippen LogP contribution in [0.25, 0.3) is 0 Å². The lowest BCUT2D eigenvalue weighted by molar-refractivity contribution is -0.129. The largest absolute Gasteiger partial charge is 0.503 e. The summed E-state index contributed by atoms with van der Waals surface area (Å²) < 4.78 is 0. The number of amides is 1. The number of hydrogen-bond donors (Lipinski definition) is 1. The van der Waals surface area contributed by atoms with Crippen molar-refractivity contribution in [3.8, 4) is 0 Å². The Kier molecular flexibility index (Phi) is 5.46. The number of carbonyl (C=O) groups excluding carboxylic acids is 2. The Morgan fingerprint density at radius 1 is 1.27 bits per heavy atom. The van der Waals surface area contributed by atoms with Gasteiger partial charge in [-0.25, -0.2) is 0 Å². The fraction of sp³-hybridized carbons (Fsp3) is 0.263. The molecule has 1 aromatic carbocycles. The van der Waals surface area contributed by atoms with Crippen LogP contribution in [-0.4, -0.2) is 53.8 Å². The number of thiophene rings is 1. The Bertz CT molecular complexity index is 844. The van der Waals surface area contributed by atoms with E-state index in [1.165, 1.54) is 11.3 Å². The number of carbonyl (C=O) groups is 2. The first kappa shape index (κ1) is 18.6. The maximum absolute atomic E-state index is 13.0. The molecule has 26 heavy (non-hydrogen) atoms. The number of aliphatic hydroxyl groups excluding tert-OH is 1. The van der Waals surface area contributed by atoms with Gasteiger partial charge in [0.2, 0.25) is 5.78 Å². The van der Waals surface area contributed by atoms with Gasteiger partial charge >= 0.3 is 0 Å². The summed E-state index contributed by atoms with van der Waals surface area (Å²) >= 11 is 7.27. The summed E-state index contributed by atoms with van der Waals surface area (Å²) in [6.07, 6.45) is 0. The third kappa shape index (κ3) is 3.53. The smallest absolute Gasteiger partial charge is 0.290 e. The summed E-state index contributed by atoms with van der Waals surface area (Å²) in [6.45, 7) is 1.01. The number of halogens is 1. The molecule has 0 fully saturated rings. The normalized spacial score (nSPS) is 17.5. The maximum atomic E-state index is 13.0. The Balaban J connectivity index is 2.05. The van der Waals surface area contributed by atoms with Crippen molar-refractivity contribution < 1.29 is 14.7 Å². The van der Waals surface area contributed by atoms with Crippen molar-refractivity contribution in [1.29, 1.82) is 0 Å². The summed E-state index contributed by atoms with van der Waals surface area (Å²) in [5, 5.41) is 12.8. The molecule has 0 aliphatic carbocycles. The van der Waals surface area contributed by atoms with Crippen LogP contribution in [0.5, 0.6) is 0 Å². The van der Waals surface area contributed by atoms with E-state index in [9.17, 15) is 14.7 Å². The molecule has 1 aliphatic heterocycles. The molecule has 3 rings (SSSR count). The van der Waals surface area contributed by atoms with Crippen LogP contribution in [0.15, 0.2) is 53.1 Å². The van der Waals surface area contributed by atoms with Crippen molar-refractivity contribution in [1.82, 2.24) is 9.80 Å². The highest BCUT2D eigenvalue weighted by Gasteiger charge is 2.43. The second-order valence-corrected chi connectivity index (χ2v) is 7.71. The zero-order chi connectivity index (χ0) is 18.8. The second-order valence-electron chi connectivity index (χ2n) is 6.32. The van der Waals surface area contributed by atoms with Gasteiger partial charge in [0, 0.05) is 18.1 Å². The molecule has 1 atom stereocenters. The van der Waals surface area contributed by atoms with Crippen molar-refractivity contribution in [2.45, 2.75) is 6.04 Å².